The summed E-state index contributed by atoms with van der Waals surface area (Å²) >= 11 is 0. The highest BCUT2D eigenvalue weighted by Crippen LogP contribution is 2.10. The molecular weight excluding hydrogens is 322 g/mol. The van der Waals surface area contributed by atoms with Crippen molar-refractivity contribution in [2.75, 3.05) is 6.54 Å². The van der Waals surface area contributed by atoms with Gasteiger partial charge in [-0.15, -0.1) is 0 Å². The van der Waals surface area contributed by atoms with Crippen LogP contribution in [0.3, 0.4) is 0 Å². The fourth-order valence-corrected chi connectivity index (χ4v) is 2.66. The zero-order valence-corrected chi connectivity index (χ0v) is 15.6. The molecule has 3 heteroatoms. The van der Waals surface area contributed by atoms with Crippen LogP contribution < -0.4 is 5.32 Å². The van der Waals surface area contributed by atoms with E-state index in [0.29, 0.717) is 6.54 Å². The fraction of sp³-hybridized carbons (Fsp3) is 0.348. The predicted molar refractivity (Wildman–Crippen MR) is 108 cm³/mol. The van der Waals surface area contributed by atoms with Crippen molar-refractivity contribution in [3.63, 3.8) is 0 Å². The molecule has 0 unspecified atom stereocenters. The Bertz CT molecular complexity index is 662. The van der Waals surface area contributed by atoms with Crippen molar-refractivity contribution in [3.05, 3.63) is 77.4 Å². The Balaban J connectivity index is 1.64. The van der Waals surface area contributed by atoms with Crippen LogP contribution in [0.5, 0.6) is 0 Å². The Labute approximate surface area is 157 Å². The van der Waals surface area contributed by atoms with Crippen molar-refractivity contribution < 1.29 is 9.53 Å². The van der Waals surface area contributed by atoms with E-state index in [9.17, 15) is 4.79 Å². The molecule has 3 nitrogen and oxygen atoms in total. The molecule has 0 fully saturated rings. The standard InChI is InChI=1S/C23H29NO2/c1-2-3-4-6-10-20-14-16-21(17-15-20)13-9-18-24-23(25)26-19-22-11-7-5-8-12-22/h5,7-9,11-17H,2-4,6,10,18-19H2,1H3,(H,24,25). The van der Waals surface area contributed by atoms with Crippen LogP contribution in [0, 0.1) is 0 Å². The van der Waals surface area contributed by atoms with Crippen LogP contribution in [0.25, 0.3) is 6.08 Å². The van der Waals surface area contributed by atoms with E-state index < -0.39 is 6.09 Å². The first kappa shape index (κ1) is 19.8. The zero-order valence-electron chi connectivity index (χ0n) is 15.6. The Kier molecular flexibility index (Phi) is 9.06. The molecule has 0 aliphatic rings. The average Bonchev–Trinajstić information content (AvgIpc) is 2.69. The average molecular weight is 351 g/mol. The second-order valence-corrected chi connectivity index (χ2v) is 6.40. The fourth-order valence-electron chi connectivity index (χ4n) is 2.66. The van der Waals surface area contributed by atoms with Gasteiger partial charge in [-0.1, -0.05) is 92.9 Å². The normalized spacial score (nSPS) is 10.8. The summed E-state index contributed by atoms with van der Waals surface area (Å²) in [6.07, 6.45) is 9.86. The lowest BCUT2D eigenvalue weighted by Gasteiger charge is -2.05. The van der Waals surface area contributed by atoms with Crippen molar-refractivity contribution in [2.45, 2.75) is 45.6 Å². The van der Waals surface area contributed by atoms with Gasteiger partial charge < -0.3 is 10.1 Å². The minimum absolute atomic E-state index is 0.288. The number of carbonyl (C=O) groups is 1. The van der Waals surface area contributed by atoms with Crippen molar-refractivity contribution in [1.82, 2.24) is 5.32 Å². The summed E-state index contributed by atoms with van der Waals surface area (Å²) in [4.78, 5) is 11.7. The smallest absolute Gasteiger partial charge is 0.407 e. The van der Waals surface area contributed by atoms with Crippen LogP contribution in [0.1, 0.15) is 49.3 Å². The van der Waals surface area contributed by atoms with Crippen LogP contribution in [-0.2, 0) is 17.8 Å². The summed E-state index contributed by atoms with van der Waals surface area (Å²) < 4.78 is 5.17. The number of unbranched alkanes of at least 4 members (excludes halogenated alkanes) is 3. The van der Waals surface area contributed by atoms with E-state index >= 15 is 0 Å². The summed E-state index contributed by atoms with van der Waals surface area (Å²) in [5.74, 6) is 0. The van der Waals surface area contributed by atoms with Gasteiger partial charge in [-0.3, -0.25) is 0 Å². The number of nitrogens with one attached hydrogen (secondary N) is 1. The number of ether oxygens (including phenoxy) is 1. The minimum atomic E-state index is -0.402. The molecular formula is C23H29NO2. The van der Waals surface area contributed by atoms with Gasteiger partial charge in [0.15, 0.2) is 0 Å². The molecule has 1 amide bonds. The van der Waals surface area contributed by atoms with Crippen molar-refractivity contribution >= 4 is 12.2 Å². The topological polar surface area (TPSA) is 38.3 Å². The molecule has 0 radical (unpaired) electrons. The van der Waals surface area contributed by atoms with Gasteiger partial charge in [0.2, 0.25) is 0 Å². The van der Waals surface area contributed by atoms with Gasteiger partial charge in [-0.2, -0.15) is 0 Å². The maximum Gasteiger partial charge on any atom is 0.407 e. The zero-order chi connectivity index (χ0) is 18.5. The molecule has 26 heavy (non-hydrogen) atoms. The minimum Gasteiger partial charge on any atom is -0.445 e. The van der Waals surface area contributed by atoms with Crippen LogP contribution in [0.4, 0.5) is 4.79 Å². The quantitative estimate of drug-likeness (QED) is 0.554. The highest BCUT2D eigenvalue weighted by Gasteiger charge is 2.00. The number of rotatable bonds is 10. The number of carbonyl (C=O) groups excluding carboxylic acids is 1. The van der Waals surface area contributed by atoms with Crippen molar-refractivity contribution in [1.29, 1.82) is 0 Å². The van der Waals surface area contributed by atoms with Crippen molar-refractivity contribution in [2.24, 2.45) is 0 Å². The molecule has 138 valence electrons. The number of benzene rings is 2. The highest BCUT2D eigenvalue weighted by atomic mass is 16.5. The Morgan fingerprint density at radius 3 is 2.46 bits per heavy atom. The van der Waals surface area contributed by atoms with Gasteiger partial charge in [-0.25, -0.2) is 4.79 Å². The Morgan fingerprint density at radius 1 is 0.962 bits per heavy atom. The molecule has 2 aromatic rings. The molecule has 0 bridgehead atoms. The SMILES string of the molecule is CCCCCCc1ccc(C=CCNC(=O)OCc2ccccc2)cc1. The molecule has 2 rings (SSSR count). The summed E-state index contributed by atoms with van der Waals surface area (Å²) in [5.41, 5.74) is 3.51. The molecule has 0 aliphatic carbocycles. The van der Waals surface area contributed by atoms with E-state index in [1.165, 1.54) is 31.2 Å². The highest BCUT2D eigenvalue weighted by molar-refractivity contribution is 5.67. The maximum absolute atomic E-state index is 11.7. The summed E-state index contributed by atoms with van der Waals surface area (Å²) in [5, 5.41) is 2.73. The van der Waals surface area contributed by atoms with Gasteiger partial charge in [0.25, 0.3) is 0 Å². The van der Waals surface area contributed by atoms with E-state index in [2.05, 4.69) is 36.5 Å². The first-order valence-electron chi connectivity index (χ1n) is 9.48. The molecule has 0 spiro atoms. The van der Waals surface area contributed by atoms with E-state index in [4.69, 9.17) is 4.74 Å². The molecule has 1 N–H and O–H groups in total. The van der Waals surface area contributed by atoms with Crippen LogP contribution in [0.15, 0.2) is 60.7 Å². The molecule has 0 heterocycles. The largest absolute Gasteiger partial charge is 0.445 e. The molecule has 0 saturated carbocycles. The lowest BCUT2D eigenvalue weighted by Crippen LogP contribution is -2.24. The Hall–Kier alpha value is -2.55. The third kappa shape index (κ3) is 8.02. The van der Waals surface area contributed by atoms with Crippen LogP contribution in [-0.4, -0.2) is 12.6 Å². The van der Waals surface area contributed by atoms with E-state index in [-0.39, 0.29) is 6.61 Å². The summed E-state index contributed by atoms with van der Waals surface area (Å²) in [6, 6.07) is 18.3. The number of hydrogen-bond acceptors (Lipinski definition) is 2. The maximum atomic E-state index is 11.7. The predicted octanol–water partition coefficient (Wildman–Crippen LogP) is 5.75. The first-order valence-corrected chi connectivity index (χ1v) is 9.48. The third-order valence-electron chi connectivity index (χ3n) is 4.19. The van der Waals surface area contributed by atoms with Crippen molar-refractivity contribution in [3.8, 4) is 0 Å². The van der Waals surface area contributed by atoms with Gasteiger partial charge >= 0.3 is 6.09 Å². The van der Waals surface area contributed by atoms with E-state index in [1.807, 2.05) is 42.5 Å². The molecule has 0 saturated heterocycles. The van der Waals surface area contributed by atoms with E-state index in [0.717, 1.165) is 17.5 Å². The molecule has 0 aromatic heterocycles. The van der Waals surface area contributed by atoms with Gasteiger partial charge in [-0.05, 0) is 29.5 Å². The number of hydrogen-bond donors (Lipinski definition) is 1. The summed E-state index contributed by atoms with van der Waals surface area (Å²) in [6.45, 7) is 2.97. The van der Waals surface area contributed by atoms with Gasteiger partial charge in [0.05, 0.1) is 0 Å². The second kappa shape index (κ2) is 11.9. The lowest BCUT2D eigenvalue weighted by molar-refractivity contribution is 0.141. The third-order valence-corrected chi connectivity index (χ3v) is 4.19. The first-order chi connectivity index (χ1) is 12.8. The molecule has 0 atom stereocenters. The number of amides is 1. The number of alkyl carbamates (subject to hydrolysis) is 1. The monoisotopic (exact) mass is 351 g/mol. The molecule has 0 aliphatic heterocycles. The lowest BCUT2D eigenvalue weighted by atomic mass is 10.0. The second-order valence-electron chi connectivity index (χ2n) is 6.40. The Morgan fingerprint density at radius 2 is 1.73 bits per heavy atom. The van der Waals surface area contributed by atoms with E-state index in [1.54, 1.807) is 0 Å². The van der Waals surface area contributed by atoms with Gasteiger partial charge in [0.1, 0.15) is 6.61 Å². The van der Waals surface area contributed by atoms with Crippen LogP contribution >= 0.6 is 0 Å². The van der Waals surface area contributed by atoms with Crippen LogP contribution in [0.2, 0.25) is 0 Å². The van der Waals surface area contributed by atoms with Gasteiger partial charge in [0, 0.05) is 6.54 Å². The molecule has 2 aromatic carbocycles. The summed E-state index contributed by atoms with van der Waals surface area (Å²) in [7, 11) is 0. The number of aryl methyl sites for hydroxylation is 1.